The van der Waals surface area contributed by atoms with Crippen molar-refractivity contribution in [2.45, 2.75) is 0 Å². The van der Waals surface area contributed by atoms with Crippen molar-refractivity contribution in [3.8, 4) is 45.0 Å². The van der Waals surface area contributed by atoms with Crippen LogP contribution in [-0.2, 0) is 0 Å². The van der Waals surface area contributed by atoms with Crippen molar-refractivity contribution in [1.82, 2.24) is 9.97 Å². The molecule has 0 unspecified atom stereocenters. The van der Waals surface area contributed by atoms with Crippen LogP contribution in [0, 0.1) is 0 Å². The standard InChI is InChI=1S/C34H22N2O/c1-3-12-23(13-4-1)29-22-30(36-34(35-29)24-14-5-2-6-15-24)26-17-8-7-16-25(26)27-19-11-21-32-33(27)28-18-9-10-20-31(28)37-32/h1-22H. The monoisotopic (exact) mass is 474 g/mol. The minimum absolute atomic E-state index is 0.707. The van der Waals surface area contributed by atoms with E-state index in [9.17, 15) is 0 Å². The molecule has 174 valence electrons. The first kappa shape index (κ1) is 21.3. The maximum absolute atomic E-state index is 6.19. The van der Waals surface area contributed by atoms with Crippen LogP contribution in [-0.4, -0.2) is 9.97 Å². The van der Waals surface area contributed by atoms with Gasteiger partial charge in [-0.25, -0.2) is 9.97 Å². The van der Waals surface area contributed by atoms with E-state index in [0.29, 0.717) is 5.82 Å². The average molecular weight is 475 g/mol. The number of aromatic nitrogens is 2. The summed E-state index contributed by atoms with van der Waals surface area (Å²) >= 11 is 0. The number of hydrogen-bond donors (Lipinski definition) is 0. The van der Waals surface area contributed by atoms with Crippen LogP contribution in [0.5, 0.6) is 0 Å². The zero-order chi connectivity index (χ0) is 24.6. The molecule has 0 aliphatic rings. The molecule has 3 heteroatoms. The molecule has 0 amide bonds. The molecular formula is C34H22N2O. The van der Waals surface area contributed by atoms with E-state index < -0.39 is 0 Å². The first-order chi connectivity index (χ1) is 18.3. The molecule has 0 saturated carbocycles. The molecule has 5 aromatic carbocycles. The third-order valence-corrected chi connectivity index (χ3v) is 6.72. The maximum atomic E-state index is 6.19. The number of hydrogen-bond acceptors (Lipinski definition) is 3. The van der Waals surface area contributed by atoms with Gasteiger partial charge in [0.25, 0.3) is 0 Å². The van der Waals surface area contributed by atoms with Crippen LogP contribution in [0.1, 0.15) is 0 Å². The highest BCUT2D eigenvalue weighted by Gasteiger charge is 2.17. The van der Waals surface area contributed by atoms with Crippen LogP contribution in [0.2, 0.25) is 0 Å². The lowest BCUT2D eigenvalue weighted by molar-refractivity contribution is 0.669. The third-order valence-electron chi connectivity index (χ3n) is 6.72. The summed E-state index contributed by atoms with van der Waals surface area (Å²) < 4.78 is 6.19. The third kappa shape index (κ3) is 3.78. The van der Waals surface area contributed by atoms with Crippen molar-refractivity contribution in [2.75, 3.05) is 0 Å². The van der Waals surface area contributed by atoms with E-state index in [1.807, 2.05) is 54.6 Å². The van der Waals surface area contributed by atoms with Crippen molar-refractivity contribution < 1.29 is 4.42 Å². The molecule has 2 heterocycles. The zero-order valence-corrected chi connectivity index (χ0v) is 20.0. The van der Waals surface area contributed by atoms with E-state index in [0.717, 1.165) is 61.1 Å². The summed E-state index contributed by atoms with van der Waals surface area (Å²) in [5, 5.41) is 2.23. The summed E-state index contributed by atoms with van der Waals surface area (Å²) in [6, 6.07) is 45.5. The first-order valence-electron chi connectivity index (χ1n) is 12.4. The first-order valence-corrected chi connectivity index (χ1v) is 12.4. The molecule has 7 rings (SSSR count). The molecule has 37 heavy (non-hydrogen) atoms. The lowest BCUT2D eigenvalue weighted by Gasteiger charge is -2.13. The minimum atomic E-state index is 0.707. The second-order valence-electron chi connectivity index (χ2n) is 9.02. The van der Waals surface area contributed by atoms with E-state index in [4.69, 9.17) is 14.4 Å². The van der Waals surface area contributed by atoms with Gasteiger partial charge in [0.05, 0.1) is 11.4 Å². The Hall–Kier alpha value is -5.02. The van der Waals surface area contributed by atoms with Crippen molar-refractivity contribution in [2.24, 2.45) is 0 Å². The Morgan fingerprint density at radius 1 is 0.432 bits per heavy atom. The SMILES string of the molecule is c1ccc(-c2cc(-c3ccccc3-c3cccc4oc5ccccc5c34)nc(-c3ccccc3)n2)cc1. The lowest BCUT2D eigenvalue weighted by atomic mass is 9.93. The van der Waals surface area contributed by atoms with Gasteiger partial charge in [-0.15, -0.1) is 0 Å². The summed E-state index contributed by atoms with van der Waals surface area (Å²) in [6.07, 6.45) is 0. The topological polar surface area (TPSA) is 38.9 Å². The molecule has 0 spiro atoms. The van der Waals surface area contributed by atoms with Crippen LogP contribution in [0.3, 0.4) is 0 Å². The van der Waals surface area contributed by atoms with Gasteiger partial charge in [-0.3, -0.25) is 0 Å². The van der Waals surface area contributed by atoms with E-state index in [-0.39, 0.29) is 0 Å². The molecule has 0 aliphatic heterocycles. The number of benzene rings is 5. The predicted molar refractivity (Wildman–Crippen MR) is 151 cm³/mol. The normalized spacial score (nSPS) is 11.2. The number of fused-ring (bicyclic) bond motifs is 3. The van der Waals surface area contributed by atoms with Crippen molar-refractivity contribution in [1.29, 1.82) is 0 Å². The van der Waals surface area contributed by atoms with Gasteiger partial charge in [0, 0.05) is 27.5 Å². The summed E-state index contributed by atoms with van der Waals surface area (Å²) in [4.78, 5) is 10.0. The Morgan fingerprint density at radius 3 is 1.84 bits per heavy atom. The highest BCUT2D eigenvalue weighted by atomic mass is 16.3. The van der Waals surface area contributed by atoms with Crippen LogP contribution in [0.15, 0.2) is 138 Å². The van der Waals surface area contributed by atoms with Gasteiger partial charge in [-0.05, 0) is 29.3 Å². The molecule has 3 nitrogen and oxygen atoms in total. The van der Waals surface area contributed by atoms with Gasteiger partial charge in [0.15, 0.2) is 5.82 Å². The second-order valence-corrected chi connectivity index (χ2v) is 9.02. The second kappa shape index (κ2) is 8.89. The Labute approximate surface area is 214 Å². The fraction of sp³-hybridized carbons (Fsp3) is 0. The van der Waals surface area contributed by atoms with Crippen molar-refractivity contribution in [3.63, 3.8) is 0 Å². The summed E-state index contributed by atoms with van der Waals surface area (Å²) in [5.74, 6) is 0.707. The fourth-order valence-corrected chi connectivity index (χ4v) is 5.00. The van der Waals surface area contributed by atoms with Crippen molar-refractivity contribution >= 4 is 21.9 Å². The highest BCUT2D eigenvalue weighted by Crippen LogP contribution is 2.40. The lowest BCUT2D eigenvalue weighted by Crippen LogP contribution is -1.97. The average Bonchev–Trinajstić information content (AvgIpc) is 3.37. The quantitative estimate of drug-likeness (QED) is 0.255. The van der Waals surface area contributed by atoms with E-state index in [1.165, 1.54) is 0 Å². The van der Waals surface area contributed by atoms with Crippen LogP contribution >= 0.6 is 0 Å². The molecule has 0 bridgehead atoms. The molecule has 0 radical (unpaired) electrons. The zero-order valence-electron chi connectivity index (χ0n) is 20.0. The molecule has 0 atom stereocenters. The summed E-state index contributed by atoms with van der Waals surface area (Å²) in [6.45, 7) is 0. The van der Waals surface area contributed by atoms with Gasteiger partial charge in [0.1, 0.15) is 11.2 Å². The molecule has 0 aliphatic carbocycles. The number of nitrogens with zero attached hydrogens (tertiary/aromatic N) is 2. The van der Waals surface area contributed by atoms with E-state index >= 15 is 0 Å². The maximum Gasteiger partial charge on any atom is 0.160 e. The van der Waals surface area contributed by atoms with Crippen molar-refractivity contribution in [3.05, 3.63) is 133 Å². The Bertz CT molecular complexity index is 1810. The number of rotatable bonds is 4. The molecule has 0 fully saturated rings. The predicted octanol–water partition coefficient (Wildman–Crippen LogP) is 9.04. The summed E-state index contributed by atoms with van der Waals surface area (Å²) in [5.41, 5.74) is 8.88. The van der Waals surface area contributed by atoms with Gasteiger partial charge in [0.2, 0.25) is 0 Å². The number of furan rings is 1. The Morgan fingerprint density at radius 2 is 1.03 bits per heavy atom. The number of para-hydroxylation sites is 1. The molecular weight excluding hydrogens is 452 g/mol. The van der Waals surface area contributed by atoms with Gasteiger partial charge in [-0.1, -0.05) is 115 Å². The van der Waals surface area contributed by atoms with Gasteiger partial charge in [-0.2, -0.15) is 0 Å². The van der Waals surface area contributed by atoms with Gasteiger partial charge >= 0.3 is 0 Å². The minimum Gasteiger partial charge on any atom is -0.456 e. The highest BCUT2D eigenvalue weighted by molar-refractivity contribution is 6.13. The largest absolute Gasteiger partial charge is 0.456 e. The van der Waals surface area contributed by atoms with Gasteiger partial charge < -0.3 is 4.42 Å². The van der Waals surface area contributed by atoms with Crippen LogP contribution < -0.4 is 0 Å². The fourth-order valence-electron chi connectivity index (χ4n) is 5.00. The van der Waals surface area contributed by atoms with E-state index in [1.54, 1.807) is 0 Å². The Kier molecular flexibility index (Phi) is 5.11. The van der Waals surface area contributed by atoms with E-state index in [2.05, 4.69) is 78.9 Å². The van der Waals surface area contributed by atoms with Crippen LogP contribution in [0.4, 0.5) is 0 Å². The molecule has 2 aromatic heterocycles. The summed E-state index contributed by atoms with van der Waals surface area (Å²) in [7, 11) is 0. The molecule has 0 saturated heterocycles. The Balaban J connectivity index is 1.49. The smallest absolute Gasteiger partial charge is 0.160 e. The molecule has 7 aromatic rings. The van der Waals surface area contributed by atoms with Crippen LogP contribution in [0.25, 0.3) is 67.0 Å². The molecule has 0 N–H and O–H groups in total.